The van der Waals surface area contributed by atoms with E-state index in [9.17, 15) is 0 Å². The molecule has 0 atom stereocenters. The monoisotopic (exact) mass is 272 g/mol. The molecule has 0 N–H and O–H groups in total. The third-order valence-electron chi connectivity index (χ3n) is 3.49. The predicted octanol–water partition coefficient (Wildman–Crippen LogP) is 4.09. The maximum Gasteiger partial charge on any atom is 0.113 e. The van der Waals surface area contributed by atoms with Gasteiger partial charge >= 0.3 is 0 Å². The molecule has 0 aliphatic heterocycles. The summed E-state index contributed by atoms with van der Waals surface area (Å²) < 4.78 is 10.0. The lowest BCUT2D eigenvalue weighted by atomic mass is 10.1. The van der Waals surface area contributed by atoms with Gasteiger partial charge in [0.15, 0.2) is 0 Å². The summed E-state index contributed by atoms with van der Waals surface area (Å²) in [4.78, 5) is 0. The Hall–Kier alpha value is -2.94. The fourth-order valence-electron chi connectivity index (χ4n) is 2.45. The molecule has 1 heterocycles. The van der Waals surface area contributed by atoms with E-state index in [-0.39, 0.29) is 0 Å². The van der Waals surface area contributed by atoms with Crippen molar-refractivity contribution < 1.29 is 1.37 Å². The summed E-state index contributed by atoms with van der Waals surface area (Å²) in [6.07, 6.45) is 0.294. The van der Waals surface area contributed by atoms with Crippen LogP contribution in [0.1, 0.15) is 1.37 Å². The quantitative estimate of drug-likeness (QED) is 0.550. The largest absolute Gasteiger partial charge is 0.219 e. The molecular weight excluding hydrogens is 258 g/mol. The molecule has 3 aromatic carbocycles. The predicted molar refractivity (Wildman–Crippen MR) is 84.3 cm³/mol. The average Bonchev–Trinajstić information content (AvgIpc) is 2.96. The molecule has 0 radical (unpaired) electrons. The molecule has 21 heavy (non-hydrogen) atoms. The first kappa shape index (κ1) is 10.8. The van der Waals surface area contributed by atoms with Crippen molar-refractivity contribution in [1.82, 2.24) is 15.0 Å². The van der Waals surface area contributed by atoms with E-state index in [1.807, 2.05) is 60.7 Å². The van der Waals surface area contributed by atoms with Gasteiger partial charge in [0.05, 0.1) is 13.2 Å². The number of hydrogen-bond donors (Lipinski definition) is 0. The van der Waals surface area contributed by atoms with E-state index < -0.39 is 0 Å². The van der Waals surface area contributed by atoms with Crippen molar-refractivity contribution >= 4 is 10.8 Å². The first-order valence-electron chi connectivity index (χ1n) is 7.30. The van der Waals surface area contributed by atoms with Gasteiger partial charge in [-0.05, 0) is 11.5 Å². The average molecular weight is 272 g/mol. The molecule has 0 fully saturated rings. The molecule has 100 valence electrons. The zero-order chi connectivity index (χ0) is 14.9. The lowest BCUT2D eigenvalue weighted by Gasteiger charge is -2.05. The summed E-state index contributed by atoms with van der Waals surface area (Å²) in [5.74, 6) is 0. The van der Waals surface area contributed by atoms with Gasteiger partial charge in [0, 0.05) is 10.9 Å². The highest BCUT2D eigenvalue weighted by Crippen LogP contribution is 2.23. The van der Waals surface area contributed by atoms with Crippen LogP contribution in [-0.4, -0.2) is 15.0 Å². The van der Waals surface area contributed by atoms with Gasteiger partial charge in [-0.3, -0.25) is 0 Å². The third kappa shape index (κ3) is 2.09. The first-order valence-corrected chi connectivity index (χ1v) is 6.80. The first-order chi connectivity index (χ1) is 10.8. The number of nitrogens with zero attached hydrogens (tertiary/aromatic N) is 3. The van der Waals surface area contributed by atoms with Crippen LogP contribution in [0.3, 0.4) is 0 Å². The van der Waals surface area contributed by atoms with Crippen LogP contribution in [0, 0.1) is 0 Å². The van der Waals surface area contributed by atoms with Crippen LogP contribution >= 0.6 is 0 Å². The van der Waals surface area contributed by atoms with Crippen molar-refractivity contribution in [3.05, 3.63) is 79.0 Å². The van der Waals surface area contributed by atoms with Gasteiger partial charge < -0.3 is 0 Å². The second kappa shape index (κ2) is 4.87. The van der Waals surface area contributed by atoms with Gasteiger partial charge in [-0.25, -0.2) is 4.68 Å². The van der Waals surface area contributed by atoms with E-state index in [0.717, 1.165) is 22.0 Å². The van der Waals surface area contributed by atoms with E-state index in [1.54, 1.807) is 4.68 Å². The molecule has 3 nitrogen and oxygen atoms in total. The van der Waals surface area contributed by atoms with Crippen LogP contribution in [0.5, 0.6) is 0 Å². The van der Waals surface area contributed by atoms with Gasteiger partial charge in [0.2, 0.25) is 0 Å². The van der Waals surface area contributed by atoms with Crippen LogP contribution in [0.4, 0.5) is 0 Å². The van der Waals surface area contributed by atoms with Gasteiger partial charge in [0.25, 0.3) is 0 Å². The fraction of sp³-hybridized carbons (Fsp3) is 0. The molecule has 0 aliphatic carbocycles. The van der Waals surface area contributed by atoms with Crippen LogP contribution < -0.4 is 0 Å². The summed E-state index contributed by atoms with van der Waals surface area (Å²) in [6.45, 7) is 0. The third-order valence-corrected chi connectivity index (χ3v) is 3.49. The Balaban J connectivity index is 1.92. The molecule has 1 aromatic heterocycles. The zero-order valence-corrected chi connectivity index (χ0v) is 11.3. The van der Waals surface area contributed by atoms with Crippen LogP contribution in [0.25, 0.3) is 27.7 Å². The highest BCUT2D eigenvalue weighted by molar-refractivity contribution is 5.90. The number of fused-ring (bicyclic) bond motifs is 1. The van der Waals surface area contributed by atoms with Crippen LogP contribution in [0.2, 0.25) is 0 Å². The fourth-order valence-corrected chi connectivity index (χ4v) is 2.45. The van der Waals surface area contributed by atoms with Crippen molar-refractivity contribution in [2.75, 3.05) is 0 Å². The van der Waals surface area contributed by atoms with Crippen molar-refractivity contribution in [3.8, 4) is 16.9 Å². The molecule has 0 saturated heterocycles. The Bertz CT molecular complexity index is 940. The van der Waals surface area contributed by atoms with Gasteiger partial charge in [0.1, 0.15) is 5.69 Å². The highest BCUT2D eigenvalue weighted by Gasteiger charge is 2.07. The minimum Gasteiger partial charge on any atom is -0.219 e. The van der Waals surface area contributed by atoms with Crippen LogP contribution in [-0.2, 0) is 0 Å². The number of benzene rings is 3. The van der Waals surface area contributed by atoms with E-state index in [0.29, 0.717) is 11.9 Å². The Morgan fingerprint density at radius 1 is 0.810 bits per heavy atom. The molecule has 0 saturated carbocycles. The Labute approximate surface area is 123 Å². The molecule has 0 bridgehead atoms. The molecule has 4 rings (SSSR count). The molecule has 0 spiro atoms. The topological polar surface area (TPSA) is 30.7 Å². The summed E-state index contributed by atoms with van der Waals surface area (Å²) in [5.41, 5.74) is 2.37. The second-order valence-corrected chi connectivity index (χ2v) is 4.83. The Kier molecular flexibility index (Phi) is 2.50. The lowest BCUT2D eigenvalue weighted by molar-refractivity contribution is 0.809. The number of rotatable bonds is 2. The number of aromatic nitrogens is 3. The minimum atomic E-state index is 0.294. The SMILES string of the molecule is [2H]c1c(-c2ccccc2)nnn1-c1cccc2ccccc12. The Morgan fingerprint density at radius 2 is 1.57 bits per heavy atom. The van der Waals surface area contributed by atoms with E-state index in [4.69, 9.17) is 1.37 Å². The molecule has 0 unspecified atom stereocenters. The standard InChI is InChI=1S/C18H13N3/c1-2-8-15(9-3-1)17-13-21(20-19-17)18-12-6-10-14-7-4-5-11-16(14)18/h1-13H/i13D. The molecule has 0 aliphatic rings. The normalized spacial score (nSPS) is 11.5. The molecule has 3 heteroatoms. The van der Waals surface area contributed by atoms with Crippen molar-refractivity contribution in [1.29, 1.82) is 0 Å². The minimum absolute atomic E-state index is 0.294. The molecule has 0 amide bonds. The molecule has 4 aromatic rings. The van der Waals surface area contributed by atoms with E-state index >= 15 is 0 Å². The van der Waals surface area contributed by atoms with E-state index in [1.165, 1.54) is 0 Å². The van der Waals surface area contributed by atoms with Gasteiger partial charge in [-0.1, -0.05) is 71.9 Å². The maximum atomic E-state index is 8.41. The number of hydrogen-bond acceptors (Lipinski definition) is 2. The zero-order valence-electron chi connectivity index (χ0n) is 12.3. The highest BCUT2D eigenvalue weighted by atomic mass is 15.4. The second-order valence-electron chi connectivity index (χ2n) is 4.83. The Morgan fingerprint density at radius 3 is 2.48 bits per heavy atom. The van der Waals surface area contributed by atoms with Crippen molar-refractivity contribution in [2.24, 2.45) is 0 Å². The summed E-state index contributed by atoms with van der Waals surface area (Å²) in [5, 5.41) is 10.6. The van der Waals surface area contributed by atoms with Gasteiger partial charge in [-0.15, -0.1) is 5.10 Å². The van der Waals surface area contributed by atoms with Crippen LogP contribution in [0.15, 0.2) is 79.0 Å². The van der Waals surface area contributed by atoms with E-state index in [2.05, 4.69) is 22.4 Å². The smallest absolute Gasteiger partial charge is 0.113 e. The molecular formula is C18H13N3. The summed E-state index contributed by atoms with van der Waals surface area (Å²) in [6, 6.07) is 23.8. The van der Waals surface area contributed by atoms with Gasteiger partial charge in [-0.2, -0.15) is 0 Å². The summed E-state index contributed by atoms with van der Waals surface area (Å²) in [7, 11) is 0. The maximum absolute atomic E-state index is 8.41. The lowest BCUT2D eigenvalue weighted by Crippen LogP contribution is -1.95. The van der Waals surface area contributed by atoms with Crippen molar-refractivity contribution in [2.45, 2.75) is 0 Å². The van der Waals surface area contributed by atoms with Crippen molar-refractivity contribution in [3.63, 3.8) is 0 Å². The summed E-state index contributed by atoms with van der Waals surface area (Å²) >= 11 is 0.